The average Bonchev–Trinajstić information content (AvgIpc) is 2.60. The van der Waals surface area contributed by atoms with Crippen molar-refractivity contribution in [1.82, 2.24) is 0 Å². The second kappa shape index (κ2) is 6.78. The lowest BCUT2D eigenvalue weighted by Gasteiger charge is -2.22. The van der Waals surface area contributed by atoms with Crippen molar-refractivity contribution in [3.63, 3.8) is 0 Å². The average molecular weight is 337 g/mol. The van der Waals surface area contributed by atoms with Crippen LogP contribution in [-0.4, -0.2) is 36.8 Å². The molecule has 0 aliphatic rings. The van der Waals surface area contributed by atoms with Gasteiger partial charge in [-0.2, -0.15) is 0 Å². The van der Waals surface area contributed by atoms with Gasteiger partial charge in [0.15, 0.2) is 4.90 Å². The molecule has 0 aliphatic heterocycles. The molecule has 7 heteroatoms. The maximum atomic E-state index is 13.0. The first-order valence-electron chi connectivity index (χ1n) is 6.79. The van der Waals surface area contributed by atoms with Gasteiger partial charge in [-0.25, -0.2) is 8.42 Å². The second-order valence-electron chi connectivity index (χ2n) is 4.67. The van der Waals surface area contributed by atoms with E-state index in [9.17, 15) is 8.42 Å². The minimum atomic E-state index is -3.87. The van der Waals surface area contributed by atoms with Crippen LogP contribution < -0.4 is 18.5 Å². The third kappa shape index (κ3) is 3.19. The summed E-state index contributed by atoms with van der Waals surface area (Å²) in [7, 11) is 1.89. The fourth-order valence-corrected chi connectivity index (χ4v) is 3.61. The van der Waals surface area contributed by atoms with Crippen LogP contribution in [0.2, 0.25) is 0 Å². The minimum absolute atomic E-state index is 0.0466. The largest absolute Gasteiger partial charge is 0.496 e. The molecule has 0 unspecified atom stereocenters. The zero-order valence-corrected chi connectivity index (χ0v) is 14.3. The predicted molar refractivity (Wildman–Crippen MR) is 88.1 cm³/mol. The van der Waals surface area contributed by atoms with Gasteiger partial charge in [0.25, 0.3) is 10.0 Å². The molecule has 0 amide bonds. The molecular formula is C16H19NO5S. The summed E-state index contributed by atoms with van der Waals surface area (Å²) >= 11 is 0. The van der Waals surface area contributed by atoms with E-state index in [0.29, 0.717) is 11.4 Å². The molecule has 0 aromatic heterocycles. The summed E-state index contributed by atoms with van der Waals surface area (Å²) in [5.41, 5.74) is 0.535. The maximum Gasteiger partial charge on any atom is 0.271 e. The summed E-state index contributed by atoms with van der Waals surface area (Å²) in [6.45, 7) is 0. The van der Waals surface area contributed by atoms with E-state index < -0.39 is 10.0 Å². The molecule has 0 spiro atoms. The highest BCUT2D eigenvalue weighted by Crippen LogP contribution is 2.39. The molecule has 0 saturated heterocycles. The number of nitrogens with zero attached hydrogens (tertiary/aromatic N) is 1. The smallest absolute Gasteiger partial charge is 0.271 e. The lowest BCUT2D eigenvalue weighted by Crippen LogP contribution is -2.27. The Hall–Kier alpha value is -2.41. The topological polar surface area (TPSA) is 65.1 Å². The summed E-state index contributed by atoms with van der Waals surface area (Å²) in [5.74, 6) is 0.757. The van der Waals surface area contributed by atoms with Gasteiger partial charge in [0.05, 0.1) is 27.0 Å². The van der Waals surface area contributed by atoms with E-state index in [0.717, 1.165) is 0 Å². The van der Waals surface area contributed by atoms with Crippen molar-refractivity contribution >= 4 is 15.7 Å². The zero-order valence-electron chi connectivity index (χ0n) is 13.4. The van der Waals surface area contributed by atoms with E-state index in [-0.39, 0.29) is 16.4 Å². The Balaban J connectivity index is 2.63. The number of methoxy groups -OCH3 is 3. The van der Waals surface area contributed by atoms with E-state index in [1.807, 2.05) is 6.07 Å². The molecule has 0 aliphatic carbocycles. The van der Waals surface area contributed by atoms with E-state index >= 15 is 0 Å². The molecule has 2 aromatic carbocycles. The molecule has 124 valence electrons. The van der Waals surface area contributed by atoms with Crippen LogP contribution in [-0.2, 0) is 10.0 Å². The van der Waals surface area contributed by atoms with Gasteiger partial charge in [0, 0.05) is 19.2 Å². The van der Waals surface area contributed by atoms with Gasteiger partial charge >= 0.3 is 0 Å². The van der Waals surface area contributed by atoms with Crippen LogP contribution in [0.15, 0.2) is 47.4 Å². The molecule has 6 nitrogen and oxygen atoms in total. The SMILES string of the molecule is COc1cc(OC)c(S(=O)(=O)N(C)c2ccccc2)c(OC)c1. The quantitative estimate of drug-likeness (QED) is 0.810. The Bertz CT molecular complexity index is 749. The Morgan fingerprint density at radius 3 is 1.83 bits per heavy atom. The van der Waals surface area contributed by atoms with Gasteiger partial charge in [-0.1, -0.05) is 18.2 Å². The van der Waals surface area contributed by atoms with Gasteiger partial charge in [-0.15, -0.1) is 0 Å². The van der Waals surface area contributed by atoms with Gasteiger partial charge in [0.2, 0.25) is 0 Å². The normalized spacial score (nSPS) is 11.0. The Morgan fingerprint density at radius 1 is 0.870 bits per heavy atom. The van der Waals surface area contributed by atoms with E-state index in [4.69, 9.17) is 14.2 Å². The molecule has 0 radical (unpaired) electrons. The Kier molecular flexibility index (Phi) is 5.00. The number of benzene rings is 2. The van der Waals surface area contributed by atoms with Crippen LogP contribution in [0.1, 0.15) is 0 Å². The first-order valence-corrected chi connectivity index (χ1v) is 8.23. The Morgan fingerprint density at radius 2 is 1.39 bits per heavy atom. The molecule has 0 atom stereocenters. The molecule has 0 N–H and O–H groups in total. The van der Waals surface area contributed by atoms with Crippen molar-refractivity contribution in [1.29, 1.82) is 0 Å². The number of rotatable bonds is 6. The summed E-state index contributed by atoms with van der Waals surface area (Å²) in [5, 5.41) is 0. The molecule has 2 rings (SSSR count). The van der Waals surface area contributed by atoms with Crippen LogP contribution in [0.4, 0.5) is 5.69 Å². The highest BCUT2D eigenvalue weighted by molar-refractivity contribution is 7.93. The number of ether oxygens (including phenoxy) is 3. The van der Waals surface area contributed by atoms with Gasteiger partial charge < -0.3 is 14.2 Å². The van der Waals surface area contributed by atoms with Crippen LogP contribution in [0.3, 0.4) is 0 Å². The van der Waals surface area contributed by atoms with E-state index in [1.165, 1.54) is 44.8 Å². The van der Waals surface area contributed by atoms with E-state index in [2.05, 4.69) is 0 Å². The number of para-hydroxylation sites is 1. The molecule has 0 heterocycles. The van der Waals surface area contributed by atoms with Crippen LogP contribution >= 0.6 is 0 Å². The predicted octanol–water partition coefficient (Wildman–Crippen LogP) is 2.54. The number of anilines is 1. The minimum Gasteiger partial charge on any atom is -0.496 e. The highest BCUT2D eigenvalue weighted by Gasteiger charge is 2.30. The second-order valence-corrected chi connectivity index (χ2v) is 6.58. The first-order chi connectivity index (χ1) is 11.0. The first kappa shape index (κ1) is 17.0. The van der Waals surface area contributed by atoms with Crippen LogP contribution in [0.25, 0.3) is 0 Å². The molecule has 0 fully saturated rings. The molecule has 2 aromatic rings. The third-order valence-corrected chi connectivity index (χ3v) is 5.26. The van der Waals surface area contributed by atoms with Gasteiger partial charge in [0.1, 0.15) is 17.2 Å². The van der Waals surface area contributed by atoms with Crippen molar-refractivity contribution in [3.8, 4) is 17.2 Å². The number of hydrogen-bond donors (Lipinski definition) is 0. The maximum absolute atomic E-state index is 13.0. The summed E-state index contributed by atoms with van der Waals surface area (Å²) in [6, 6.07) is 11.8. The van der Waals surface area contributed by atoms with E-state index in [1.54, 1.807) is 24.3 Å². The number of hydrogen-bond acceptors (Lipinski definition) is 5. The van der Waals surface area contributed by atoms with Crippen LogP contribution in [0, 0.1) is 0 Å². The fourth-order valence-electron chi connectivity index (χ4n) is 2.14. The van der Waals surface area contributed by atoms with Gasteiger partial charge in [-0.3, -0.25) is 4.31 Å². The molecule has 0 bridgehead atoms. The zero-order chi connectivity index (χ0) is 17.0. The van der Waals surface area contributed by atoms with Crippen molar-refractivity contribution in [2.75, 3.05) is 32.7 Å². The standard InChI is InChI=1S/C16H19NO5S/c1-17(12-8-6-5-7-9-12)23(18,19)16-14(21-3)10-13(20-2)11-15(16)22-4/h5-11H,1-4H3. The summed E-state index contributed by atoms with van der Waals surface area (Å²) < 4.78 is 42.8. The van der Waals surface area contributed by atoms with Crippen molar-refractivity contribution in [3.05, 3.63) is 42.5 Å². The van der Waals surface area contributed by atoms with Crippen molar-refractivity contribution < 1.29 is 22.6 Å². The Labute approximate surface area is 136 Å². The van der Waals surface area contributed by atoms with Crippen molar-refractivity contribution in [2.45, 2.75) is 4.90 Å². The molecule has 23 heavy (non-hydrogen) atoms. The lowest BCUT2D eigenvalue weighted by atomic mass is 10.3. The number of sulfonamides is 1. The third-order valence-electron chi connectivity index (χ3n) is 3.41. The summed E-state index contributed by atoms with van der Waals surface area (Å²) in [4.78, 5) is -0.0466. The fraction of sp³-hybridized carbons (Fsp3) is 0.250. The van der Waals surface area contributed by atoms with Gasteiger partial charge in [-0.05, 0) is 12.1 Å². The molecule has 0 saturated carbocycles. The lowest BCUT2D eigenvalue weighted by molar-refractivity contribution is 0.359. The molecular weight excluding hydrogens is 318 g/mol. The van der Waals surface area contributed by atoms with Crippen LogP contribution in [0.5, 0.6) is 17.2 Å². The monoisotopic (exact) mass is 337 g/mol. The van der Waals surface area contributed by atoms with Crippen molar-refractivity contribution in [2.24, 2.45) is 0 Å². The highest BCUT2D eigenvalue weighted by atomic mass is 32.2. The summed E-state index contributed by atoms with van der Waals surface area (Å²) in [6.07, 6.45) is 0.